The molecule has 6 heteroatoms. The predicted octanol–water partition coefficient (Wildman–Crippen LogP) is 4.75. The molecule has 2 aliphatic rings. The van der Waals surface area contributed by atoms with Crippen molar-refractivity contribution in [3.63, 3.8) is 0 Å². The fraction of sp³-hybridized carbons (Fsp3) is 0.310. The maximum atomic E-state index is 10.1. The van der Waals surface area contributed by atoms with Crippen molar-refractivity contribution in [2.24, 2.45) is 5.41 Å². The molecular formula is C29H27N3O3. The molecule has 2 fully saturated rings. The van der Waals surface area contributed by atoms with Gasteiger partial charge in [0.2, 0.25) is 0 Å². The Bertz CT molecular complexity index is 1250. The standard InChI is InChI=1S/C29H27N3O3/c1-33-26-12-8-25(9-13-26)29(20-34-21-29)32-15-14-28(17-31,18-32)19-35-27-10-6-24(7-11-27)23-4-2-22(16-30)3-5-23/h2-13H,14-15,18-21H2,1H3. The summed E-state index contributed by atoms with van der Waals surface area (Å²) in [6.07, 6.45) is 0.755. The van der Waals surface area contributed by atoms with E-state index >= 15 is 0 Å². The smallest absolute Gasteiger partial charge is 0.119 e. The van der Waals surface area contributed by atoms with E-state index in [1.54, 1.807) is 7.11 Å². The Morgan fingerprint density at radius 2 is 1.51 bits per heavy atom. The SMILES string of the molecule is COc1ccc(C2(N3CCC(C#N)(COc4ccc(-c5ccc(C#N)cc5)cc4)C3)COC2)cc1. The summed E-state index contributed by atoms with van der Waals surface area (Å²) in [5, 5.41) is 19.1. The third-order valence-electron chi connectivity index (χ3n) is 7.22. The quantitative estimate of drug-likeness (QED) is 0.501. The summed E-state index contributed by atoms with van der Waals surface area (Å²) in [5.41, 5.74) is 3.16. The zero-order valence-corrected chi connectivity index (χ0v) is 19.7. The van der Waals surface area contributed by atoms with Crippen LogP contribution in [0.4, 0.5) is 0 Å². The van der Waals surface area contributed by atoms with Gasteiger partial charge in [-0.3, -0.25) is 4.90 Å². The zero-order valence-electron chi connectivity index (χ0n) is 19.7. The molecule has 0 aliphatic carbocycles. The van der Waals surface area contributed by atoms with Crippen molar-refractivity contribution in [3.8, 4) is 34.8 Å². The summed E-state index contributed by atoms with van der Waals surface area (Å²) in [4.78, 5) is 2.39. The van der Waals surface area contributed by atoms with Crippen LogP contribution in [0.1, 0.15) is 17.5 Å². The molecule has 2 saturated heterocycles. The number of rotatable bonds is 7. The van der Waals surface area contributed by atoms with Gasteiger partial charge in [-0.05, 0) is 59.5 Å². The average Bonchev–Trinajstić information content (AvgIpc) is 3.32. The van der Waals surface area contributed by atoms with Gasteiger partial charge in [0, 0.05) is 13.1 Å². The molecule has 3 aromatic carbocycles. The Hall–Kier alpha value is -3.84. The number of benzene rings is 3. The molecule has 3 aromatic rings. The monoisotopic (exact) mass is 465 g/mol. The van der Waals surface area contributed by atoms with E-state index in [1.165, 1.54) is 5.56 Å². The second kappa shape index (κ2) is 9.43. The minimum Gasteiger partial charge on any atom is -0.497 e. The van der Waals surface area contributed by atoms with Crippen LogP contribution in [0, 0.1) is 28.1 Å². The second-order valence-corrected chi connectivity index (χ2v) is 9.32. The third kappa shape index (κ3) is 4.35. The van der Waals surface area contributed by atoms with Crippen molar-refractivity contribution >= 4 is 0 Å². The molecule has 5 rings (SSSR count). The first-order chi connectivity index (χ1) is 17.1. The van der Waals surface area contributed by atoms with E-state index in [4.69, 9.17) is 19.5 Å². The van der Waals surface area contributed by atoms with E-state index in [9.17, 15) is 5.26 Å². The summed E-state index contributed by atoms with van der Waals surface area (Å²) in [5.74, 6) is 1.57. The average molecular weight is 466 g/mol. The first-order valence-electron chi connectivity index (χ1n) is 11.7. The lowest BCUT2D eigenvalue weighted by Crippen LogP contribution is -2.59. The van der Waals surface area contributed by atoms with Gasteiger partial charge in [-0.15, -0.1) is 0 Å². The van der Waals surface area contributed by atoms with Crippen LogP contribution in [0.25, 0.3) is 11.1 Å². The topological polar surface area (TPSA) is 78.5 Å². The van der Waals surface area contributed by atoms with E-state index in [0.29, 0.717) is 31.9 Å². The van der Waals surface area contributed by atoms with Gasteiger partial charge in [0.1, 0.15) is 23.5 Å². The number of nitriles is 2. The van der Waals surface area contributed by atoms with Crippen LogP contribution in [0.2, 0.25) is 0 Å². The van der Waals surface area contributed by atoms with Gasteiger partial charge in [-0.2, -0.15) is 10.5 Å². The van der Waals surface area contributed by atoms with E-state index in [-0.39, 0.29) is 5.54 Å². The van der Waals surface area contributed by atoms with E-state index < -0.39 is 5.41 Å². The molecule has 0 aromatic heterocycles. The second-order valence-electron chi connectivity index (χ2n) is 9.32. The molecule has 35 heavy (non-hydrogen) atoms. The summed E-state index contributed by atoms with van der Waals surface area (Å²) in [6, 6.07) is 28.2. The van der Waals surface area contributed by atoms with Gasteiger partial charge in [0.25, 0.3) is 0 Å². The molecule has 2 aliphatic heterocycles. The third-order valence-corrected chi connectivity index (χ3v) is 7.22. The Morgan fingerprint density at radius 1 is 0.886 bits per heavy atom. The molecule has 0 N–H and O–H groups in total. The van der Waals surface area contributed by atoms with Crippen LogP contribution >= 0.6 is 0 Å². The molecule has 0 amide bonds. The number of methoxy groups -OCH3 is 1. The van der Waals surface area contributed by atoms with Gasteiger partial charge in [-0.1, -0.05) is 36.4 Å². The van der Waals surface area contributed by atoms with Crippen molar-refractivity contribution in [2.75, 3.05) is 40.0 Å². The minimum atomic E-state index is -0.569. The van der Waals surface area contributed by atoms with Gasteiger partial charge in [0.15, 0.2) is 0 Å². The highest BCUT2D eigenvalue weighted by Crippen LogP contribution is 2.43. The van der Waals surface area contributed by atoms with Crippen molar-refractivity contribution < 1.29 is 14.2 Å². The van der Waals surface area contributed by atoms with Crippen LogP contribution in [-0.4, -0.2) is 44.9 Å². The lowest BCUT2D eigenvalue weighted by Gasteiger charge is -2.49. The molecule has 176 valence electrons. The summed E-state index contributed by atoms with van der Waals surface area (Å²) < 4.78 is 17.1. The zero-order chi connectivity index (χ0) is 24.3. The number of ether oxygens (including phenoxy) is 3. The molecule has 0 bridgehead atoms. The highest BCUT2D eigenvalue weighted by Gasteiger charge is 2.52. The van der Waals surface area contributed by atoms with E-state index in [1.807, 2.05) is 60.7 Å². The fourth-order valence-electron chi connectivity index (χ4n) is 4.91. The fourth-order valence-corrected chi connectivity index (χ4v) is 4.91. The lowest BCUT2D eigenvalue weighted by molar-refractivity contribution is -0.142. The van der Waals surface area contributed by atoms with E-state index in [0.717, 1.165) is 35.6 Å². The molecule has 1 atom stereocenters. The maximum Gasteiger partial charge on any atom is 0.119 e. The van der Waals surface area contributed by atoms with Crippen molar-refractivity contribution in [1.29, 1.82) is 10.5 Å². The Morgan fingerprint density at radius 3 is 2.06 bits per heavy atom. The van der Waals surface area contributed by atoms with Gasteiger partial charge >= 0.3 is 0 Å². The highest BCUT2D eigenvalue weighted by atomic mass is 16.5. The molecule has 1 unspecified atom stereocenters. The Balaban J connectivity index is 1.25. The highest BCUT2D eigenvalue weighted by molar-refractivity contribution is 5.65. The molecule has 0 saturated carbocycles. The van der Waals surface area contributed by atoms with Gasteiger partial charge < -0.3 is 14.2 Å². The number of hydrogen-bond donors (Lipinski definition) is 0. The van der Waals surface area contributed by atoms with Crippen LogP contribution in [0.3, 0.4) is 0 Å². The van der Waals surface area contributed by atoms with Crippen LogP contribution in [0.15, 0.2) is 72.8 Å². The van der Waals surface area contributed by atoms with Crippen LogP contribution < -0.4 is 9.47 Å². The van der Waals surface area contributed by atoms with Crippen molar-refractivity contribution in [3.05, 3.63) is 83.9 Å². The van der Waals surface area contributed by atoms with Crippen LogP contribution in [-0.2, 0) is 10.3 Å². The summed E-state index contributed by atoms with van der Waals surface area (Å²) >= 11 is 0. The largest absolute Gasteiger partial charge is 0.497 e. The minimum absolute atomic E-state index is 0.201. The molecule has 0 radical (unpaired) electrons. The Kier molecular flexibility index (Phi) is 6.17. The molecule has 0 spiro atoms. The normalized spacial score (nSPS) is 20.9. The number of hydrogen-bond acceptors (Lipinski definition) is 6. The predicted molar refractivity (Wildman–Crippen MR) is 132 cm³/mol. The van der Waals surface area contributed by atoms with Gasteiger partial charge in [0.05, 0.1) is 43.6 Å². The van der Waals surface area contributed by atoms with Crippen LogP contribution in [0.5, 0.6) is 11.5 Å². The first-order valence-corrected chi connectivity index (χ1v) is 11.7. The van der Waals surface area contributed by atoms with Crippen molar-refractivity contribution in [1.82, 2.24) is 4.90 Å². The molecular weight excluding hydrogens is 438 g/mol. The number of nitrogens with zero attached hydrogens (tertiary/aromatic N) is 3. The summed E-state index contributed by atoms with van der Waals surface area (Å²) in [7, 11) is 1.67. The summed E-state index contributed by atoms with van der Waals surface area (Å²) in [6.45, 7) is 3.05. The maximum absolute atomic E-state index is 10.1. The molecule has 2 heterocycles. The first kappa shape index (κ1) is 22.9. The van der Waals surface area contributed by atoms with Crippen molar-refractivity contribution in [2.45, 2.75) is 12.0 Å². The Labute approximate surface area is 205 Å². The lowest BCUT2D eigenvalue weighted by atomic mass is 9.85. The number of likely N-dealkylation sites (tertiary alicyclic amines) is 1. The van der Waals surface area contributed by atoms with Gasteiger partial charge in [-0.25, -0.2) is 0 Å². The van der Waals surface area contributed by atoms with E-state index in [2.05, 4.69) is 29.2 Å². The molecule has 6 nitrogen and oxygen atoms in total.